The van der Waals surface area contributed by atoms with Gasteiger partial charge in [0, 0.05) is 25.7 Å². The Morgan fingerprint density at radius 3 is 0.890 bits per heavy atom. The van der Waals surface area contributed by atoms with Crippen molar-refractivity contribution in [3.8, 4) is 0 Å². The van der Waals surface area contributed by atoms with Crippen LogP contribution in [0.5, 0.6) is 0 Å². The minimum atomic E-state index is -4.94. The van der Waals surface area contributed by atoms with Crippen LogP contribution in [0.4, 0.5) is 64.1 Å². The summed E-state index contributed by atoms with van der Waals surface area (Å²) in [6.45, 7) is 30.6. The quantitative estimate of drug-likeness (QED) is 0.109. The molecule has 5 rings (SSSR count). The van der Waals surface area contributed by atoms with Crippen LogP contribution in [0.1, 0.15) is 160 Å². The second-order valence-electron chi connectivity index (χ2n) is 20.6. The predicted octanol–water partition coefficient (Wildman–Crippen LogP) is 19.2. The van der Waals surface area contributed by atoms with Crippen LogP contribution in [0.15, 0.2) is 72.8 Å². The zero-order valence-electron chi connectivity index (χ0n) is 44.0. The van der Waals surface area contributed by atoms with Crippen molar-refractivity contribution in [1.82, 2.24) is 0 Å². The van der Waals surface area contributed by atoms with Crippen LogP contribution >= 0.6 is 0 Å². The molecular weight excluding hydrogens is 1090 g/mol. The van der Waals surface area contributed by atoms with Gasteiger partial charge in [-0.25, -0.2) is 0 Å². The van der Waals surface area contributed by atoms with Gasteiger partial charge in [-0.15, -0.1) is 11.4 Å². The Balaban J connectivity index is 0.000000570. The zero-order chi connectivity index (χ0) is 55.5. The number of nitrogens with zero attached hydrogens (tertiary/aromatic N) is 3. The number of aliphatic hydroxyl groups is 2. The molecule has 73 heavy (non-hydrogen) atoms. The summed E-state index contributed by atoms with van der Waals surface area (Å²) in [6, 6.07) is 12.5. The van der Waals surface area contributed by atoms with E-state index in [1.807, 2.05) is 55.4 Å². The minimum absolute atomic E-state index is 0. The van der Waals surface area contributed by atoms with Crippen LogP contribution in [0.2, 0.25) is 39.3 Å². The molecule has 0 saturated carbocycles. The number of rotatable bonds is 12. The largest absolute Gasteiger partial charge is 3.00 e. The fourth-order valence-electron chi connectivity index (χ4n) is 7.64. The average Bonchev–Trinajstić information content (AvgIpc) is 3.82. The van der Waals surface area contributed by atoms with E-state index in [0.29, 0.717) is 70.0 Å². The molecule has 21 heteroatoms. The summed E-state index contributed by atoms with van der Waals surface area (Å²) >= 11 is 0. The van der Waals surface area contributed by atoms with Gasteiger partial charge in [-0.05, 0) is 84.0 Å². The monoisotopic (exact) mass is 1160 g/mol. The Morgan fingerprint density at radius 1 is 0.438 bits per heavy atom. The number of para-hydroxylation sites is 2. The third kappa shape index (κ3) is 22.3. The van der Waals surface area contributed by atoms with E-state index in [1.165, 1.54) is 12.8 Å². The predicted molar refractivity (Wildman–Crippen MR) is 268 cm³/mol. The maximum atomic E-state index is 13.4. The summed E-state index contributed by atoms with van der Waals surface area (Å²) in [5, 5.41) is 29.1. The standard InChI is InChI=1S/2C21H22F6NO.C6H18NSi2.C4H8O.Y/c2*1-11(2)14-6-5-7-15(12(3)4)18(14)28-19(29)16-10-13(20(22,23)24)8-9-17(16)21(25,26)27;1-8(2,3)7-9(4,5)6;1-2-4-5-3-1;/h2*5-12,19,29H,1-4H3;1-6H3;1-4H2;/q3*-1;;+3. The Kier molecular flexibility index (Phi) is 26.0. The molecular formula is C52H70F12N3O3Si2Y. The molecule has 4 aromatic rings. The third-order valence-electron chi connectivity index (χ3n) is 10.6. The first-order valence-electron chi connectivity index (χ1n) is 23.6. The first kappa shape index (κ1) is 68.0. The molecule has 2 unspecified atom stereocenters. The molecule has 2 atom stereocenters. The Labute approximate surface area is 450 Å². The Bertz CT molecular complexity index is 2110. The smallest absolute Gasteiger partial charge is 0.668 e. The van der Waals surface area contributed by atoms with Crippen molar-refractivity contribution in [2.75, 3.05) is 13.2 Å². The Morgan fingerprint density at radius 2 is 0.712 bits per heavy atom. The molecule has 0 aromatic heterocycles. The van der Waals surface area contributed by atoms with E-state index in [9.17, 15) is 62.9 Å². The molecule has 1 saturated heterocycles. The van der Waals surface area contributed by atoms with Crippen molar-refractivity contribution in [2.24, 2.45) is 0 Å². The van der Waals surface area contributed by atoms with Crippen LogP contribution < -0.4 is 0 Å². The summed E-state index contributed by atoms with van der Waals surface area (Å²) in [5.74, 6) is -0.210. The van der Waals surface area contributed by atoms with E-state index < -0.39 is 87.0 Å². The normalized spacial score (nSPS) is 14.4. The number of hydrogen-bond acceptors (Lipinski definition) is 3. The van der Waals surface area contributed by atoms with Gasteiger partial charge in [0.25, 0.3) is 0 Å². The number of ether oxygens (including phenoxy) is 1. The van der Waals surface area contributed by atoms with Gasteiger partial charge in [-0.3, -0.25) is 0 Å². The van der Waals surface area contributed by atoms with Gasteiger partial charge in [-0.1, -0.05) is 170 Å². The van der Waals surface area contributed by atoms with Crippen molar-refractivity contribution in [2.45, 2.75) is 168 Å². The molecule has 406 valence electrons. The van der Waals surface area contributed by atoms with E-state index in [-0.39, 0.29) is 56.4 Å². The summed E-state index contributed by atoms with van der Waals surface area (Å²) in [4.78, 5) is 0. The molecule has 0 aliphatic carbocycles. The number of aliphatic hydroxyl groups excluding tert-OH is 2. The van der Waals surface area contributed by atoms with E-state index in [0.717, 1.165) is 13.2 Å². The molecule has 6 nitrogen and oxygen atoms in total. The molecule has 0 bridgehead atoms. The van der Waals surface area contributed by atoms with Crippen molar-refractivity contribution in [3.63, 3.8) is 0 Å². The topological polar surface area (TPSA) is 92.0 Å². The van der Waals surface area contributed by atoms with Gasteiger partial charge < -0.3 is 30.2 Å². The van der Waals surface area contributed by atoms with E-state index >= 15 is 0 Å². The first-order valence-corrected chi connectivity index (χ1v) is 30.5. The maximum absolute atomic E-state index is 13.4. The molecule has 4 aromatic carbocycles. The van der Waals surface area contributed by atoms with Gasteiger partial charge in [-0.2, -0.15) is 52.7 Å². The van der Waals surface area contributed by atoms with Gasteiger partial charge in [0.15, 0.2) is 0 Å². The zero-order valence-corrected chi connectivity index (χ0v) is 48.8. The van der Waals surface area contributed by atoms with Gasteiger partial charge in [0.05, 0.1) is 22.3 Å². The summed E-state index contributed by atoms with van der Waals surface area (Å²) in [6.07, 6.45) is -21.2. The van der Waals surface area contributed by atoms with Crippen LogP contribution in [0.3, 0.4) is 0 Å². The fourth-order valence-corrected chi connectivity index (χ4v) is 15.7. The van der Waals surface area contributed by atoms with Crippen molar-refractivity contribution in [1.29, 1.82) is 0 Å². The van der Waals surface area contributed by atoms with Crippen LogP contribution in [0, 0.1) is 0 Å². The molecule has 1 aliphatic rings. The summed E-state index contributed by atoms with van der Waals surface area (Å²) in [7, 11) is -2.21. The maximum Gasteiger partial charge on any atom is 3.00 e. The van der Waals surface area contributed by atoms with Crippen LogP contribution in [0.25, 0.3) is 15.3 Å². The van der Waals surface area contributed by atoms with Crippen molar-refractivity contribution >= 4 is 27.8 Å². The van der Waals surface area contributed by atoms with Crippen molar-refractivity contribution in [3.05, 3.63) is 144 Å². The van der Waals surface area contributed by atoms with Crippen molar-refractivity contribution < 1.29 is 100 Å². The molecule has 0 radical (unpaired) electrons. The van der Waals surface area contributed by atoms with Crippen LogP contribution in [-0.4, -0.2) is 39.9 Å². The van der Waals surface area contributed by atoms with Crippen LogP contribution in [-0.2, 0) is 62.2 Å². The van der Waals surface area contributed by atoms with E-state index in [2.05, 4.69) is 49.9 Å². The van der Waals surface area contributed by atoms with Gasteiger partial charge in [0.1, 0.15) is 0 Å². The second kappa shape index (κ2) is 27.9. The molecule has 1 heterocycles. The fraction of sp³-hybridized carbons (Fsp3) is 0.538. The molecule has 0 amide bonds. The third-order valence-corrected chi connectivity index (χ3v) is 16.0. The number of benzene rings is 4. The number of halogens is 12. The van der Waals surface area contributed by atoms with E-state index in [1.54, 1.807) is 36.4 Å². The average molecular weight is 1160 g/mol. The van der Waals surface area contributed by atoms with Gasteiger partial charge >= 0.3 is 57.4 Å². The first-order chi connectivity index (χ1) is 32.7. The SMILES string of the molecule is C1CCOC1.CC(C)c1cccc(C(C)C)c1[N-]C(O)c1cc(C(F)(F)F)ccc1C(F)(F)F.CC(C)c1cccc(C(C)C)c1[N-]C(O)c1cc(C(F)(F)F)ccc1C(F)(F)F.C[Si](C)(C)[N-][Si](C)(C)C.[Y+3]. The second-order valence-corrected chi connectivity index (χ2v) is 30.1. The summed E-state index contributed by atoms with van der Waals surface area (Å²) in [5.41, 5.74) is -3.76. The van der Waals surface area contributed by atoms with Gasteiger partial charge in [0.2, 0.25) is 0 Å². The number of alkyl halides is 12. The summed E-state index contributed by atoms with van der Waals surface area (Å²) < 4.78 is 168. The number of hydrogen-bond donors (Lipinski definition) is 2. The molecule has 2 N–H and O–H groups in total. The molecule has 1 fully saturated rings. The minimum Gasteiger partial charge on any atom is -0.668 e. The molecule has 0 spiro atoms. The van der Waals surface area contributed by atoms with E-state index in [4.69, 9.17) is 9.38 Å². The Hall–Kier alpha value is -2.98. The molecule has 1 aliphatic heterocycles.